The van der Waals surface area contributed by atoms with Gasteiger partial charge in [0.15, 0.2) is 12.0 Å². The lowest BCUT2D eigenvalue weighted by molar-refractivity contribution is 0.0945. The Morgan fingerprint density at radius 1 is 1.37 bits per heavy atom. The van der Waals surface area contributed by atoms with Gasteiger partial charge in [-0.3, -0.25) is 14.4 Å². The second kappa shape index (κ2) is 8.74. The van der Waals surface area contributed by atoms with Gasteiger partial charge in [-0.1, -0.05) is 13.0 Å². The van der Waals surface area contributed by atoms with Crippen molar-refractivity contribution in [3.63, 3.8) is 0 Å². The number of nitrogens with one attached hydrogen (secondary N) is 2. The van der Waals surface area contributed by atoms with Crippen molar-refractivity contribution >= 4 is 12.2 Å². The van der Waals surface area contributed by atoms with Crippen LogP contribution < -0.4 is 16.1 Å². The fourth-order valence-corrected chi connectivity index (χ4v) is 3.98. The Kier molecular flexibility index (Phi) is 6.31. The lowest BCUT2D eigenvalue weighted by Crippen LogP contribution is -2.33. The largest absolute Gasteiger partial charge is 0.503 e. The lowest BCUT2D eigenvalue weighted by Gasteiger charge is -2.19. The van der Waals surface area contributed by atoms with Gasteiger partial charge in [-0.25, -0.2) is 8.78 Å². The van der Waals surface area contributed by atoms with E-state index in [-0.39, 0.29) is 35.3 Å². The Morgan fingerprint density at radius 3 is 2.73 bits per heavy atom. The number of benzene rings is 1. The molecule has 2 aromatic rings. The summed E-state index contributed by atoms with van der Waals surface area (Å²) in [5, 5.41) is 15.9. The standard InChI is InChI=1S/C21H23F2N3O4/c1-3-24-8-13-6-11(2)26-16(10-27)19(28)20(29)17(18(13)26)21(30)25-9-12-4-5-14(22)7-15(12)23/h4-5,7,10-11,13,24,28H,3,6,8-9H2,1-2H3,(H,25,30)/t11-,13-/m1/s1. The van der Waals surface area contributed by atoms with Crippen molar-refractivity contribution in [1.29, 1.82) is 0 Å². The third kappa shape index (κ3) is 3.85. The summed E-state index contributed by atoms with van der Waals surface area (Å²) in [6.07, 6.45) is 0.978. The van der Waals surface area contributed by atoms with Crippen LogP contribution in [-0.2, 0) is 6.54 Å². The van der Waals surface area contributed by atoms with Gasteiger partial charge < -0.3 is 20.3 Å². The fraction of sp³-hybridized carbons (Fsp3) is 0.381. The smallest absolute Gasteiger partial charge is 0.257 e. The van der Waals surface area contributed by atoms with Gasteiger partial charge in [-0.15, -0.1) is 0 Å². The molecule has 2 atom stereocenters. The zero-order valence-electron chi connectivity index (χ0n) is 16.7. The Morgan fingerprint density at radius 2 is 2.10 bits per heavy atom. The number of aromatic hydroxyl groups is 1. The maximum absolute atomic E-state index is 13.9. The molecule has 30 heavy (non-hydrogen) atoms. The van der Waals surface area contributed by atoms with Crippen molar-refractivity contribution < 1.29 is 23.5 Å². The number of hydrogen-bond acceptors (Lipinski definition) is 5. The second-order valence-electron chi connectivity index (χ2n) is 7.32. The molecule has 0 radical (unpaired) electrons. The Labute approximate surface area is 171 Å². The highest BCUT2D eigenvalue weighted by Gasteiger charge is 2.37. The van der Waals surface area contributed by atoms with Crippen LogP contribution in [0.4, 0.5) is 8.78 Å². The average Bonchev–Trinajstić information content (AvgIpc) is 3.02. The number of amides is 1. The van der Waals surface area contributed by atoms with Crippen LogP contribution >= 0.6 is 0 Å². The molecule has 0 saturated heterocycles. The SMILES string of the molecule is CCNC[C@H]1C[C@@H](C)n2c(C=O)c(O)c(=O)c(C(=O)NCc3ccc(F)cc3F)c21. The Hall–Kier alpha value is -3.07. The quantitative estimate of drug-likeness (QED) is 0.598. The molecule has 1 aliphatic heterocycles. The summed E-state index contributed by atoms with van der Waals surface area (Å²) in [5.74, 6) is -3.38. The first kappa shape index (κ1) is 21.6. The molecule has 1 aliphatic rings. The third-order valence-electron chi connectivity index (χ3n) is 5.35. The van der Waals surface area contributed by atoms with Crippen LogP contribution in [0, 0.1) is 11.6 Å². The number of fused-ring (bicyclic) bond motifs is 1. The predicted octanol–water partition coefficient (Wildman–Crippen LogP) is 2.23. The number of carbonyl (C=O) groups is 2. The van der Waals surface area contributed by atoms with Crippen LogP contribution in [0.3, 0.4) is 0 Å². The molecule has 3 rings (SSSR count). The van der Waals surface area contributed by atoms with Gasteiger partial charge in [-0.05, 0) is 26.0 Å². The van der Waals surface area contributed by atoms with Gasteiger partial charge in [-0.2, -0.15) is 0 Å². The normalized spacial score (nSPS) is 17.6. The summed E-state index contributed by atoms with van der Waals surface area (Å²) in [6, 6.07) is 2.75. The fourth-order valence-electron chi connectivity index (χ4n) is 3.98. The zero-order valence-corrected chi connectivity index (χ0v) is 16.7. The Bertz CT molecular complexity index is 1050. The van der Waals surface area contributed by atoms with E-state index < -0.39 is 28.7 Å². The minimum Gasteiger partial charge on any atom is -0.503 e. The van der Waals surface area contributed by atoms with E-state index >= 15 is 0 Å². The summed E-state index contributed by atoms with van der Waals surface area (Å²) in [4.78, 5) is 37.2. The van der Waals surface area contributed by atoms with E-state index in [1.807, 2.05) is 13.8 Å². The number of hydrogen-bond donors (Lipinski definition) is 3. The van der Waals surface area contributed by atoms with Gasteiger partial charge in [0, 0.05) is 42.4 Å². The van der Waals surface area contributed by atoms with Crippen molar-refractivity contribution in [2.45, 2.75) is 38.8 Å². The topological polar surface area (TPSA) is 100 Å². The molecule has 0 fully saturated rings. The van der Waals surface area contributed by atoms with Gasteiger partial charge in [0.05, 0.1) is 0 Å². The van der Waals surface area contributed by atoms with Crippen LogP contribution in [0.15, 0.2) is 23.0 Å². The monoisotopic (exact) mass is 419 g/mol. The number of likely N-dealkylation sites (N-methyl/N-ethyl adjacent to an activating group) is 1. The van der Waals surface area contributed by atoms with Gasteiger partial charge >= 0.3 is 0 Å². The molecule has 0 aliphatic carbocycles. The van der Waals surface area contributed by atoms with E-state index in [1.165, 1.54) is 10.6 Å². The van der Waals surface area contributed by atoms with E-state index in [1.54, 1.807) is 0 Å². The van der Waals surface area contributed by atoms with E-state index in [0.29, 0.717) is 37.6 Å². The molecule has 0 bridgehead atoms. The van der Waals surface area contributed by atoms with Crippen molar-refractivity contribution in [3.05, 3.63) is 62.6 Å². The highest BCUT2D eigenvalue weighted by atomic mass is 19.1. The van der Waals surface area contributed by atoms with Crippen LogP contribution in [-0.4, -0.2) is 35.0 Å². The van der Waals surface area contributed by atoms with Crippen molar-refractivity contribution in [3.8, 4) is 5.75 Å². The predicted molar refractivity (Wildman–Crippen MR) is 106 cm³/mol. The summed E-state index contributed by atoms with van der Waals surface area (Å²) in [6.45, 7) is 4.65. The number of rotatable bonds is 7. The van der Waals surface area contributed by atoms with E-state index in [9.17, 15) is 28.3 Å². The summed E-state index contributed by atoms with van der Waals surface area (Å²) in [7, 11) is 0. The molecule has 1 amide bonds. The number of pyridine rings is 1. The summed E-state index contributed by atoms with van der Waals surface area (Å²) < 4.78 is 28.5. The van der Waals surface area contributed by atoms with E-state index in [4.69, 9.17) is 0 Å². The molecule has 0 spiro atoms. The van der Waals surface area contributed by atoms with E-state index in [0.717, 1.165) is 6.07 Å². The van der Waals surface area contributed by atoms with Gasteiger partial charge in [0.25, 0.3) is 5.91 Å². The first-order valence-corrected chi connectivity index (χ1v) is 9.69. The van der Waals surface area contributed by atoms with Gasteiger partial charge in [0.2, 0.25) is 5.43 Å². The lowest BCUT2D eigenvalue weighted by atomic mass is 9.97. The minimum atomic E-state index is -0.948. The average molecular weight is 419 g/mol. The number of aldehydes is 1. The molecule has 9 heteroatoms. The highest BCUT2D eigenvalue weighted by Crippen LogP contribution is 2.39. The zero-order chi connectivity index (χ0) is 22.0. The first-order chi connectivity index (χ1) is 14.3. The van der Waals surface area contributed by atoms with Crippen molar-refractivity contribution in [1.82, 2.24) is 15.2 Å². The molecular formula is C21H23F2N3O4. The molecule has 3 N–H and O–H groups in total. The van der Waals surface area contributed by atoms with Gasteiger partial charge in [0.1, 0.15) is 22.9 Å². The van der Waals surface area contributed by atoms with Crippen molar-refractivity contribution in [2.24, 2.45) is 0 Å². The van der Waals surface area contributed by atoms with Crippen LogP contribution in [0.2, 0.25) is 0 Å². The maximum atomic E-state index is 13.9. The number of nitrogens with zero attached hydrogens (tertiary/aromatic N) is 1. The molecule has 160 valence electrons. The number of aromatic nitrogens is 1. The molecular weight excluding hydrogens is 396 g/mol. The summed E-state index contributed by atoms with van der Waals surface area (Å²) >= 11 is 0. The minimum absolute atomic E-state index is 0.0489. The highest BCUT2D eigenvalue weighted by molar-refractivity contribution is 5.97. The molecule has 7 nitrogen and oxygen atoms in total. The molecule has 1 aromatic carbocycles. The number of halogens is 2. The van der Waals surface area contributed by atoms with E-state index in [2.05, 4.69) is 10.6 Å². The van der Waals surface area contributed by atoms with Crippen LogP contribution in [0.5, 0.6) is 5.75 Å². The van der Waals surface area contributed by atoms with Crippen LogP contribution in [0.1, 0.15) is 64.3 Å². The molecule has 1 aromatic heterocycles. The third-order valence-corrected chi connectivity index (χ3v) is 5.35. The molecule has 2 heterocycles. The molecule has 0 unspecified atom stereocenters. The maximum Gasteiger partial charge on any atom is 0.257 e. The number of carbonyl (C=O) groups excluding carboxylic acids is 2. The Balaban J connectivity index is 2.03. The van der Waals surface area contributed by atoms with Crippen molar-refractivity contribution in [2.75, 3.05) is 13.1 Å². The first-order valence-electron chi connectivity index (χ1n) is 9.69. The van der Waals surface area contributed by atoms with Crippen LogP contribution in [0.25, 0.3) is 0 Å². The second-order valence-corrected chi connectivity index (χ2v) is 7.32. The molecule has 0 saturated carbocycles. The summed E-state index contributed by atoms with van der Waals surface area (Å²) in [5.41, 5.74) is -0.968.